The van der Waals surface area contributed by atoms with Gasteiger partial charge in [-0.1, -0.05) is 46.8 Å². The van der Waals surface area contributed by atoms with Gasteiger partial charge in [0.25, 0.3) is 0 Å². The summed E-state index contributed by atoms with van der Waals surface area (Å²) in [5.41, 5.74) is 2.61. The second-order valence-electron chi connectivity index (χ2n) is 14.6. The second-order valence-corrected chi connectivity index (χ2v) is 14.6. The number of hydrogen-bond acceptors (Lipinski definition) is 2. The van der Waals surface area contributed by atoms with Gasteiger partial charge >= 0.3 is 0 Å². The molecule has 186 valence electrons. The average Bonchev–Trinajstić information content (AvgIpc) is 3.14. The minimum absolute atomic E-state index is 0.0728. The van der Waals surface area contributed by atoms with Crippen LogP contribution in [-0.4, -0.2) is 19.5 Å². The van der Waals surface area contributed by atoms with Gasteiger partial charge in [-0.15, -0.1) is 0 Å². The molecule has 0 aromatic heterocycles. The number of rotatable bonds is 3. The van der Waals surface area contributed by atoms with Gasteiger partial charge in [-0.05, 0) is 122 Å². The molecule has 2 nitrogen and oxygen atoms in total. The summed E-state index contributed by atoms with van der Waals surface area (Å²) in [5.74, 6) is 3.27. The lowest BCUT2D eigenvalue weighted by atomic mass is 9.32. The minimum Gasteiger partial charge on any atom is -0.381 e. The van der Waals surface area contributed by atoms with Crippen molar-refractivity contribution in [2.45, 2.75) is 112 Å². The molecule has 5 saturated carbocycles. The predicted octanol–water partition coefficient (Wildman–Crippen LogP) is 7.86. The fourth-order valence-corrected chi connectivity index (χ4v) is 11.8. The van der Waals surface area contributed by atoms with E-state index in [4.69, 9.17) is 4.74 Å². The molecule has 33 heavy (non-hydrogen) atoms. The maximum atomic E-state index is 12.6. The Bertz CT molecular complexity index is 829. The number of allylic oxidation sites excluding steroid dienone is 1. The summed E-state index contributed by atoms with van der Waals surface area (Å²) in [6.07, 6.45) is 14.3. The van der Waals surface area contributed by atoms with E-state index in [1.54, 1.807) is 0 Å². The first kappa shape index (κ1) is 24.1. The molecule has 0 spiro atoms. The van der Waals surface area contributed by atoms with Crippen LogP contribution in [-0.2, 0) is 9.53 Å². The van der Waals surface area contributed by atoms with E-state index < -0.39 is 0 Å². The van der Waals surface area contributed by atoms with Crippen LogP contribution >= 0.6 is 0 Å². The van der Waals surface area contributed by atoms with Crippen LogP contribution in [0.5, 0.6) is 0 Å². The van der Waals surface area contributed by atoms with Crippen LogP contribution in [0.4, 0.5) is 0 Å². The van der Waals surface area contributed by atoms with Crippen molar-refractivity contribution in [3.63, 3.8) is 0 Å². The van der Waals surface area contributed by atoms with Gasteiger partial charge in [-0.25, -0.2) is 0 Å². The second kappa shape index (κ2) is 7.44. The lowest BCUT2D eigenvalue weighted by Gasteiger charge is -2.72. The van der Waals surface area contributed by atoms with Gasteiger partial charge in [0.15, 0.2) is 0 Å². The Hall–Kier alpha value is -0.630. The Labute approximate surface area is 203 Å². The van der Waals surface area contributed by atoms with Crippen LogP contribution in [0.3, 0.4) is 0 Å². The topological polar surface area (TPSA) is 26.3 Å². The fourth-order valence-electron chi connectivity index (χ4n) is 11.8. The number of aldehydes is 1. The van der Waals surface area contributed by atoms with E-state index in [2.05, 4.69) is 48.1 Å². The molecule has 0 N–H and O–H groups in total. The molecule has 0 amide bonds. The van der Waals surface area contributed by atoms with E-state index in [1.807, 2.05) is 7.11 Å². The van der Waals surface area contributed by atoms with Crippen molar-refractivity contribution < 1.29 is 9.53 Å². The number of methoxy groups -OCH3 is 1. The van der Waals surface area contributed by atoms with Crippen molar-refractivity contribution >= 4 is 6.29 Å². The SMILES string of the molecule is C=C(C)[C@@H]1CC[C@]2(C=O)CC[C@]3(C)C(CCC4[C@@]5(C)CC[C@H](OC)C(C)(C)C5CC[C@]43C)C12. The van der Waals surface area contributed by atoms with E-state index in [0.717, 1.165) is 24.7 Å². The molecule has 0 aromatic carbocycles. The lowest BCUT2D eigenvalue weighted by Crippen LogP contribution is -2.66. The zero-order valence-corrected chi connectivity index (χ0v) is 22.6. The monoisotopic (exact) mass is 454 g/mol. The van der Waals surface area contributed by atoms with Crippen molar-refractivity contribution in [3.05, 3.63) is 12.2 Å². The van der Waals surface area contributed by atoms with Gasteiger partial charge in [0, 0.05) is 12.5 Å². The third-order valence-corrected chi connectivity index (χ3v) is 13.6. The Morgan fingerprint density at radius 3 is 2.21 bits per heavy atom. The average molecular weight is 455 g/mol. The summed E-state index contributed by atoms with van der Waals surface area (Å²) < 4.78 is 6.03. The molecule has 0 heterocycles. The molecule has 5 fully saturated rings. The number of fused-ring (bicyclic) bond motifs is 7. The van der Waals surface area contributed by atoms with Gasteiger partial charge in [-0.2, -0.15) is 0 Å². The lowest BCUT2D eigenvalue weighted by molar-refractivity contribution is -0.247. The van der Waals surface area contributed by atoms with Gasteiger partial charge in [-0.3, -0.25) is 0 Å². The first-order valence-corrected chi connectivity index (χ1v) is 14.1. The molecule has 4 unspecified atom stereocenters. The van der Waals surface area contributed by atoms with Crippen LogP contribution in [0, 0.1) is 56.7 Å². The summed E-state index contributed by atoms with van der Waals surface area (Å²) >= 11 is 0. The zero-order valence-electron chi connectivity index (χ0n) is 22.6. The van der Waals surface area contributed by atoms with Gasteiger partial charge in [0.1, 0.15) is 6.29 Å². The molecule has 0 aromatic rings. The van der Waals surface area contributed by atoms with E-state index in [-0.39, 0.29) is 10.8 Å². The van der Waals surface area contributed by atoms with Crippen LogP contribution < -0.4 is 0 Å². The molecule has 0 aliphatic heterocycles. The summed E-state index contributed by atoms with van der Waals surface area (Å²) in [5, 5.41) is 0. The molecule has 5 aliphatic carbocycles. The smallest absolute Gasteiger partial charge is 0.126 e. The fraction of sp³-hybridized carbons (Fsp3) is 0.903. The molecule has 10 atom stereocenters. The van der Waals surface area contributed by atoms with Crippen LogP contribution in [0.2, 0.25) is 0 Å². The third kappa shape index (κ3) is 2.85. The highest BCUT2D eigenvalue weighted by Crippen LogP contribution is 2.77. The molecule has 5 aliphatic rings. The normalized spacial score (nSPS) is 55.0. The van der Waals surface area contributed by atoms with E-state index >= 15 is 0 Å². The standard InChI is InChI=1S/C31H50O2/c1-20(2)21-11-16-31(19-32)18-17-29(6)22(26(21)31)9-10-24-28(5)14-13-25(33-8)27(3,4)23(28)12-15-30(24,29)7/h19,21-26H,1,9-18H2,2-8H3/t21-,22?,23?,24?,25-,26?,28-,29+,30+,31+/m0/s1. The Balaban J connectivity index is 1.54. The van der Waals surface area contributed by atoms with Crippen molar-refractivity contribution in [1.82, 2.24) is 0 Å². The zero-order chi connectivity index (χ0) is 24.0. The Morgan fingerprint density at radius 2 is 1.58 bits per heavy atom. The van der Waals surface area contributed by atoms with E-state index in [9.17, 15) is 4.79 Å². The summed E-state index contributed by atoms with van der Waals surface area (Å²) in [7, 11) is 1.93. The molecular weight excluding hydrogens is 404 g/mol. The van der Waals surface area contributed by atoms with E-state index in [0.29, 0.717) is 40.1 Å². The van der Waals surface area contributed by atoms with Crippen LogP contribution in [0.1, 0.15) is 106 Å². The summed E-state index contributed by atoms with van der Waals surface area (Å²) in [4.78, 5) is 12.6. The molecule has 2 heteroatoms. The maximum absolute atomic E-state index is 12.6. The summed E-state index contributed by atoms with van der Waals surface area (Å²) in [6.45, 7) is 19.7. The summed E-state index contributed by atoms with van der Waals surface area (Å²) in [6, 6.07) is 0. The quantitative estimate of drug-likeness (QED) is 0.320. The molecule has 0 saturated heterocycles. The predicted molar refractivity (Wildman–Crippen MR) is 136 cm³/mol. The third-order valence-electron chi connectivity index (χ3n) is 13.6. The van der Waals surface area contributed by atoms with Gasteiger partial charge in [0.2, 0.25) is 0 Å². The Kier molecular flexibility index (Phi) is 5.43. The van der Waals surface area contributed by atoms with E-state index in [1.165, 1.54) is 63.2 Å². The highest BCUT2D eigenvalue weighted by Gasteiger charge is 2.70. The first-order valence-electron chi connectivity index (χ1n) is 14.1. The minimum atomic E-state index is -0.0728. The molecule has 5 rings (SSSR count). The molecular formula is C31H50O2. The highest BCUT2D eigenvalue weighted by molar-refractivity contribution is 5.62. The van der Waals surface area contributed by atoms with Crippen molar-refractivity contribution in [1.29, 1.82) is 0 Å². The molecule has 0 bridgehead atoms. The van der Waals surface area contributed by atoms with Crippen molar-refractivity contribution in [2.24, 2.45) is 56.7 Å². The number of carbonyl (C=O) groups excluding carboxylic acids is 1. The highest BCUT2D eigenvalue weighted by atomic mass is 16.5. The Morgan fingerprint density at radius 1 is 0.848 bits per heavy atom. The van der Waals surface area contributed by atoms with Crippen LogP contribution in [0.25, 0.3) is 0 Å². The first-order chi connectivity index (χ1) is 15.4. The van der Waals surface area contributed by atoms with Crippen molar-refractivity contribution in [3.8, 4) is 0 Å². The molecule has 0 radical (unpaired) electrons. The maximum Gasteiger partial charge on any atom is 0.126 e. The van der Waals surface area contributed by atoms with Gasteiger partial charge < -0.3 is 9.53 Å². The van der Waals surface area contributed by atoms with Crippen LogP contribution in [0.15, 0.2) is 12.2 Å². The number of hydrogen-bond donors (Lipinski definition) is 0. The largest absolute Gasteiger partial charge is 0.381 e. The number of carbonyl (C=O) groups is 1. The van der Waals surface area contributed by atoms with Crippen molar-refractivity contribution in [2.75, 3.05) is 7.11 Å². The van der Waals surface area contributed by atoms with Gasteiger partial charge in [0.05, 0.1) is 6.10 Å². The number of ether oxygens (including phenoxy) is 1.